The van der Waals surface area contributed by atoms with E-state index in [-0.39, 0.29) is 94.6 Å². The van der Waals surface area contributed by atoms with Crippen LogP contribution in [0.25, 0.3) is 0 Å². The Balaban J connectivity index is 3.80. The summed E-state index contributed by atoms with van der Waals surface area (Å²) in [6, 6.07) is -1.83. The minimum Gasteiger partial charge on any atom is -0.481 e. The first kappa shape index (κ1) is 46.8. The fraction of sp³-hybridized carbons (Fsp3) is 0.811. The van der Waals surface area contributed by atoms with Crippen molar-refractivity contribution in [3.05, 3.63) is 0 Å². The van der Waals surface area contributed by atoms with Crippen LogP contribution in [0.5, 0.6) is 0 Å². The molecule has 2 amide bonds. The van der Waals surface area contributed by atoms with Gasteiger partial charge in [-0.15, -0.1) is 0 Å². The molecule has 288 valence electrons. The summed E-state index contributed by atoms with van der Waals surface area (Å²) in [4.78, 5) is 81.3. The summed E-state index contributed by atoms with van der Waals surface area (Å²) in [5.74, 6) is -3.06. The van der Waals surface area contributed by atoms with Crippen LogP contribution in [0.2, 0.25) is 0 Å². The zero-order valence-electron chi connectivity index (χ0n) is 30.6. The molecule has 0 aromatic heterocycles. The zero-order chi connectivity index (χ0) is 37.4. The third-order valence-electron chi connectivity index (χ3n) is 8.35. The van der Waals surface area contributed by atoms with Crippen LogP contribution in [0, 0.1) is 0 Å². The Morgan fingerprint density at radius 2 is 0.980 bits per heavy atom. The summed E-state index contributed by atoms with van der Waals surface area (Å²) in [5, 5.41) is 23.2. The van der Waals surface area contributed by atoms with Gasteiger partial charge < -0.3 is 35.1 Å². The summed E-state index contributed by atoms with van der Waals surface area (Å²) < 4.78 is 10.7. The number of aliphatic carboxylic acids is 2. The van der Waals surface area contributed by atoms with E-state index in [9.17, 15) is 38.7 Å². The van der Waals surface area contributed by atoms with Crippen LogP contribution in [0.1, 0.15) is 155 Å². The molecule has 0 aliphatic carbocycles. The molecule has 50 heavy (non-hydrogen) atoms. The van der Waals surface area contributed by atoms with Crippen LogP contribution in [0.15, 0.2) is 0 Å². The van der Waals surface area contributed by atoms with Crippen LogP contribution in [-0.4, -0.2) is 89.8 Å². The first-order valence-electron chi connectivity index (χ1n) is 18.6. The highest BCUT2D eigenvalue weighted by Gasteiger charge is 2.21. The second kappa shape index (κ2) is 31.8. The van der Waals surface area contributed by atoms with Gasteiger partial charge in [-0.05, 0) is 46.0 Å². The van der Waals surface area contributed by atoms with Gasteiger partial charge in [0, 0.05) is 38.7 Å². The van der Waals surface area contributed by atoms with Crippen molar-refractivity contribution in [3.8, 4) is 0 Å². The average Bonchev–Trinajstić information content (AvgIpc) is 3.05. The molecule has 0 rings (SSSR count). The van der Waals surface area contributed by atoms with Crippen molar-refractivity contribution in [1.82, 2.24) is 10.6 Å². The van der Waals surface area contributed by atoms with Crippen molar-refractivity contribution in [2.45, 2.75) is 167 Å². The molecule has 0 aromatic rings. The molecule has 4 N–H and O–H groups in total. The van der Waals surface area contributed by atoms with Crippen LogP contribution in [-0.2, 0) is 43.0 Å². The van der Waals surface area contributed by atoms with E-state index in [2.05, 4.69) is 10.6 Å². The Labute approximate surface area is 298 Å². The lowest BCUT2D eigenvalue weighted by atomic mass is 10.0. The molecule has 0 bridgehead atoms. The Kier molecular flexibility index (Phi) is 29.7. The van der Waals surface area contributed by atoms with Crippen LogP contribution < -0.4 is 10.6 Å². The van der Waals surface area contributed by atoms with Gasteiger partial charge in [-0.1, -0.05) is 77.0 Å². The summed E-state index contributed by atoms with van der Waals surface area (Å²) in [6.45, 7) is 3.16. The van der Waals surface area contributed by atoms with Gasteiger partial charge in [0.05, 0.1) is 19.3 Å². The highest BCUT2D eigenvalue weighted by Crippen LogP contribution is 2.14. The summed E-state index contributed by atoms with van der Waals surface area (Å²) in [5.41, 5.74) is 0. The number of carbonyl (C=O) groups is 7. The lowest BCUT2D eigenvalue weighted by Crippen LogP contribution is -2.41. The Bertz CT molecular complexity index is 1000. The largest absolute Gasteiger partial charge is 0.481 e. The SMILES string of the molecule is CC(=O)CC[C@H](NC(=O)COCCOCCCC(=O)CC[C@H](NC(=O)CCCCCCCCCCCCCCCCC(=O)O)C(=O)O)C(C)=O. The van der Waals surface area contributed by atoms with E-state index < -0.39 is 29.9 Å². The third-order valence-corrected chi connectivity index (χ3v) is 8.35. The predicted octanol–water partition coefficient (Wildman–Crippen LogP) is 5.49. The predicted molar refractivity (Wildman–Crippen MR) is 189 cm³/mol. The lowest BCUT2D eigenvalue weighted by Gasteiger charge is -2.15. The van der Waals surface area contributed by atoms with Gasteiger partial charge in [0.25, 0.3) is 0 Å². The molecular formula is C37H64N2O11. The van der Waals surface area contributed by atoms with E-state index in [1.807, 2.05) is 0 Å². The van der Waals surface area contributed by atoms with Crippen molar-refractivity contribution in [2.75, 3.05) is 26.4 Å². The van der Waals surface area contributed by atoms with E-state index in [0.29, 0.717) is 12.8 Å². The monoisotopic (exact) mass is 712 g/mol. The quantitative estimate of drug-likeness (QED) is 0.0599. The minimum atomic E-state index is -1.16. The zero-order valence-corrected chi connectivity index (χ0v) is 30.6. The van der Waals surface area contributed by atoms with Gasteiger partial charge in [-0.25, -0.2) is 4.79 Å². The Morgan fingerprint density at radius 1 is 0.500 bits per heavy atom. The lowest BCUT2D eigenvalue weighted by molar-refractivity contribution is -0.142. The molecule has 0 fully saturated rings. The number of carbonyl (C=O) groups excluding carboxylic acids is 5. The molecule has 13 heteroatoms. The smallest absolute Gasteiger partial charge is 0.326 e. The molecule has 0 aromatic carbocycles. The van der Waals surface area contributed by atoms with E-state index in [0.717, 1.165) is 38.5 Å². The molecule has 0 spiro atoms. The number of ketones is 3. The molecule has 0 aliphatic heterocycles. The van der Waals surface area contributed by atoms with Crippen LogP contribution in [0.4, 0.5) is 0 Å². The van der Waals surface area contributed by atoms with E-state index >= 15 is 0 Å². The maximum Gasteiger partial charge on any atom is 0.326 e. The molecule has 0 unspecified atom stereocenters. The molecule has 0 saturated carbocycles. The van der Waals surface area contributed by atoms with Crippen LogP contribution in [0.3, 0.4) is 0 Å². The average molecular weight is 713 g/mol. The van der Waals surface area contributed by atoms with Gasteiger partial charge in [0.15, 0.2) is 5.78 Å². The van der Waals surface area contributed by atoms with Crippen molar-refractivity contribution in [1.29, 1.82) is 0 Å². The second-order valence-corrected chi connectivity index (χ2v) is 13.1. The van der Waals surface area contributed by atoms with Gasteiger partial charge in [0.2, 0.25) is 11.8 Å². The van der Waals surface area contributed by atoms with Crippen molar-refractivity contribution < 1.29 is 53.2 Å². The molecule has 0 radical (unpaired) electrons. The van der Waals surface area contributed by atoms with Crippen molar-refractivity contribution in [2.24, 2.45) is 0 Å². The molecule has 0 heterocycles. The number of Topliss-reactive ketones (excluding diaryl/α,β-unsaturated/α-hetero) is 3. The number of hydrogen-bond acceptors (Lipinski definition) is 9. The standard InChI is InChI=1S/C37H64N2O11/c1-29(40)21-23-32(30(2)41)38-35(44)28-50-27-26-49-25-17-18-31(42)22-24-33(37(47)48)39-34(43)19-15-13-11-9-7-5-3-4-6-8-10-12-14-16-20-36(45)46/h32-33H,3-28H2,1-2H3,(H,38,44)(H,39,43)(H,45,46)(H,47,48)/t32-,33-/m0/s1. The number of amides is 2. The third kappa shape index (κ3) is 30.8. The number of unbranched alkanes of at least 4 members (excludes halogenated alkanes) is 13. The van der Waals surface area contributed by atoms with Crippen LogP contribution >= 0.6 is 0 Å². The Morgan fingerprint density at radius 3 is 1.48 bits per heavy atom. The number of carboxylic acids is 2. The van der Waals surface area contributed by atoms with Gasteiger partial charge in [0.1, 0.15) is 24.2 Å². The molecule has 0 saturated heterocycles. The topological polar surface area (TPSA) is 202 Å². The second-order valence-electron chi connectivity index (χ2n) is 13.1. The van der Waals surface area contributed by atoms with Gasteiger partial charge >= 0.3 is 11.9 Å². The maximum absolute atomic E-state index is 12.3. The number of rotatable bonds is 36. The van der Waals surface area contributed by atoms with Crippen molar-refractivity contribution >= 4 is 41.1 Å². The van der Waals surface area contributed by atoms with E-state index in [1.54, 1.807) is 0 Å². The molecular weight excluding hydrogens is 648 g/mol. The summed E-state index contributed by atoms with van der Waals surface area (Å²) >= 11 is 0. The number of nitrogens with one attached hydrogen (secondary N) is 2. The van der Waals surface area contributed by atoms with Gasteiger partial charge in [-0.2, -0.15) is 0 Å². The minimum absolute atomic E-state index is 0.0305. The Hall–Kier alpha value is -3.19. The normalized spacial score (nSPS) is 12.2. The molecule has 2 atom stereocenters. The number of carboxylic acid groups (broad SMARTS) is 2. The summed E-state index contributed by atoms with van der Waals surface area (Å²) in [6.07, 6.45) is 16.8. The number of ether oxygens (including phenoxy) is 2. The first-order chi connectivity index (χ1) is 23.9. The van der Waals surface area contributed by atoms with E-state index in [4.69, 9.17) is 14.6 Å². The first-order valence-corrected chi connectivity index (χ1v) is 18.6. The fourth-order valence-corrected chi connectivity index (χ4v) is 5.35. The fourth-order valence-electron chi connectivity index (χ4n) is 5.35. The number of hydrogen-bond donors (Lipinski definition) is 4. The van der Waals surface area contributed by atoms with Gasteiger partial charge in [-0.3, -0.25) is 24.0 Å². The highest BCUT2D eigenvalue weighted by atomic mass is 16.5. The molecule has 0 aliphatic rings. The maximum atomic E-state index is 12.3. The van der Waals surface area contributed by atoms with Crippen molar-refractivity contribution in [3.63, 3.8) is 0 Å². The van der Waals surface area contributed by atoms with E-state index in [1.165, 1.54) is 58.8 Å². The molecule has 13 nitrogen and oxygen atoms in total. The highest BCUT2D eigenvalue weighted by molar-refractivity contribution is 5.88. The summed E-state index contributed by atoms with van der Waals surface area (Å²) in [7, 11) is 0.